The summed E-state index contributed by atoms with van der Waals surface area (Å²) in [4.78, 5) is 0. The van der Waals surface area contributed by atoms with Gasteiger partial charge in [-0.25, -0.2) is 0 Å². The van der Waals surface area contributed by atoms with Crippen LogP contribution in [0.5, 0.6) is 5.75 Å². The van der Waals surface area contributed by atoms with E-state index in [1.54, 1.807) is 0 Å². The molecule has 6 heteroatoms. The maximum atomic E-state index is 10.7. The molecule has 118 valence electrons. The molecule has 1 heterocycles. The summed E-state index contributed by atoms with van der Waals surface area (Å²) in [6.45, 7) is 12.6. The number of nitrogens with zero attached hydrogens (tertiary/aromatic N) is 1. The van der Waals surface area contributed by atoms with Crippen LogP contribution in [0.1, 0.15) is 52.7 Å². The van der Waals surface area contributed by atoms with Crippen molar-refractivity contribution >= 4 is 61.3 Å². The molecule has 2 N–H and O–H groups in total. The fourth-order valence-corrected chi connectivity index (χ4v) is 3.13. The Morgan fingerprint density at radius 3 is 1.82 bits per heavy atom. The maximum absolute atomic E-state index is 10.7. The molecule has 0 unspecified atom stereocenters. The zero-order valence-corrected chi connectivity index (χ0v) is 15.0. The molecule has 0 amide bonds. The molecule has 22 heavy (non-hydrogen) atoms. The van der Waals surface area contributed by atoms with Crippen molar-refractivity contribution in [2.24, 2.45) is 0 Å². The van der Waals surface area contributed by atoms with E-state index in [9.17, 15) is 5.11 Å². The number of H-pyrrole nitrogens is 1. The molecular weight excluding hydrogens is 340 g/mol. The second-order valence-electron chi connectivity index (χ2n) is 7.34. The van der Waals surface area contributed by atoms with Gasteiger partial charge < -0.3 is 5.11 Å². The number of aromatic hydroxyl groups is 1. The molecule has 0 aliphatic heterocycles. The summed E-state index contributed by atoms with van der Waals surface area (Å²) in [5, 5.41) is 18.6. The van der Waals surface area contributed by atoms with Crippen molar-refractivity contribution in [3.8, 4) is 16.3 Å². The minimum absolute atomic E-state index is 0. The average molecular weight is 365 g/mol. The number of phenolic OH excluding ortho intramolecular Hbond substituents is 1. The number of benzene rings is 1. The number of hydrogen-bond acceptors (Lipinski definition) is 4. The van der Waals surface area contributed by atoms with Crippen LogP contribution in [-0.2, 0) is 10.8 Å². The monoisotopic (exact) mass is 364 g/mol. The van der Waals surface area contributed by atoms with Crippen molar-refractivity contribution in [2.45, 2.75) is 52.4 Å². The molecule has 0 spiro atoms. The molecule has 2 rings (SSSR count). The fourth-order valence-electron chi connectivity index (χ4n) is 2.25. The van der Waals surface area contributed by atoms with Crippen LogP contribution in [0.25, 0.3) is 10.6 Å². The fraction of sp³-hybridized carbons (Fsp3) is 0.500. The van der Waals surface area contributed by atoms with Crippen LogP contribution in [0.3, 0.4) is 0 Å². The van der Waals surface area contributed by atoms with E-state index in [0.717, 1.165) is 21.7 Å². The Morgan fingerprint density at radius 2 is 1.50 bits per heavy atom. The summed E-state index contributed by atoms with van der Waals surface area (Å²) in [7, 11) is 0. The predicted molar refractivity (Wildman–Crippen MR) is 100 cm³/mol. The first-order valence-electron chi connectivity index (χ1n) is 6.94. The van der Waals surface area contributed by atoms with E-state index in [-0.39, 0.29) is 48.6 Å². The standard InChI is InChI=1S/C16H22N2OS2.Ca.2H/c1-15(2,3)10-7-9(13-17-18-14(20)21-13)8-11(12(10)19)16(4,5)6;;;/h7-8,19H,1-6H3,(H,18,20);;;. The van der Waals surface area contributed by atoms with Crippen molar-refractivity contribution in [2.75, 3.05) is 0 Å². The number of phenols is 1. The summed E-state index contributed by atoms with van der Waals surface area (Å²) in [6.07, 6.45) is 0. The average Bonchev–Trinajstić information content (AvgIpc) is 2.73. The Hall–Kier alpha value is 0.0597. The van der Waals surface area contributed by atoms with Crippen LogP contribution in [0.15, 0.2) is 12.1 Å². The van der Waals surface area contributed by atoms with Gasteiger partial charge in [0.2, 0.25) is 0 Å². The Morgan fingerprint density at radius 1 is 1.05 bits per heavy atom. The summed E-state index contributed by atoms with van der Waals surface area (Å²) in [5.74, 6) is 0.387. The van der Waals surface area contributed by atoms with Crippen LogP contribution in [-0.4, -0.2) is 53.0 Å². The Labute approximate surface area is 171 Å². The van der Waals surface area contributed by atoms with Crippen LogP contribution < -0.4 is 0 Å². The molecule has 0 saturated heterocycles. The van der Waals surface area contributed by atoms with Gasteiger partial charge >= 0.3 is 37.7 Å². The zero-order chi connectivity index (χ0) is 16.0. The third kappa shape index (κ3) is 4.32. The number of hydrogen-bond donors (Lipinski definition) is 2. The van der Waals surface area contributed by atoms with Crippen LogP contribution >= 0.6 is 23.6 Å². The molecule has 0 aliphatic rings. The van der Waals surface area contributed by atoms with Gasteiger partial charge in [0, 0.05) is 16.7 Å². The van der Waals surface area contributed by atoms with Crippen molar-refractivity contribution in [3.05, 3.63) is 27.2 Å². The van der Waals surface area contributed by atoms with E-state index >= 15 is 0 Å². The Kier molecular flexibility index (Phi) is 6.30. The normalized spacial score (nSPS) is 12.1. The van der Waals surface area contributed by atoms with Gasteiger partial charge in [-0.2, -0.15) is 5.10 Å². The van der Waals surface area contributed by atoms with E-state index in [2.05, 4.69) is 51.7 Å². The van der Waals surface area contributed by atoms with Crippen molar-refractivity contribution < 1.29 is 5.11 Å². The van der Waals surface area contributed by atoms with E-state index < -0.39 is 0 Å². The Balaban J connectivity index is 0.00000242. The molecular formula is C16H24CaN2OS2. The minimum atomic E-state index is -0.141. The first kappa shape index (κ1) is 20.1. The molecule has 1 aromatic carbocycles. The number of aromatic nitrogens is 2. The van der Waals surface area contributed by atoms with Gasteiger partial charge in [0.25, 0.3) is 0 Å². The first-order chi connectivity index (χ1) is 9.50. The van der Waals surface area contributed by atoms with E-state index in [0.29, 0.717) is 9.70 Å². The quantitative estimate of drug-likeness (QED) is 0.587. The van der Waals surface area contributed by atoms with Crippen LogP contribution in [0, 0.1) is 3.95 Å². The SMILES string of the molecule is CC(C)(C)c1cc(-c2n[nH]c(=S)s2)cc(C(C)(C)C)c1O.[CaH2]. The van der Waals surface area contributed by atoms with Gasteiger partial charge in [0.15, 0.2) is 3.95 Å². The van der Waals surface area contributed by atoms with Crippen LogP contribution in [0.4, 0.5) is 0 Å². The Bertz CT molecular complexity index is 686. The van der Waals surface area contributed by atoms with Crippen molar-refractivity contribution in [3.63, 3.8) is 0 Å². The number of aromatic amines is 1. The van der Waals surface area contributed by atoms with Gasteiger partial charge in [-0.15, -0.1) is 0 Å². The number of rotatable bonds is 1. The summed E-state index contributed by atoms with van der Waals surface area (Å²) in [6, 6.07) is 4.04. The van der Waals surface area contributed by atoms with Gasteiger partial charge in [-0.1, -0.05) is 52.9 Å². The second-order valence-corrected chi connectivity index (χ2v) is 9.00. The molecule has 0 saturated carbocycles. The summed E-state index contributed by atoms with van der Waals surface area (Å²) >= 11 is 6.57. The second kappa shape index (κ2) is 6.89. The summed E-state index contributed by atoms with van der Waals surface area (Å²) < 4.78 is 0.660. The molecule has 0 fully saturated rings. The zero-order valence-electron chi connectivity index (χ0n) is 13.4. The van der Waals surface area contributed by atoms with Gasteiger partial charge in [-0.05, 0) is 35.2 Å². The molecule has 2 aromatic rings. The van der Waals surface area contributed by atoms with E-state index in [4.69, 9.17) is 12.2 Å². The van der Waals surface area contributed by atoms with Crippen molar-refractivity contribution in [1.82, 2.24) is 10.2 Å². The third-order valence-corrected chi connectivity index (χ3v) is 4.55. The van der Waals surface area contributed by atoms with Crippen molar-refractivity contribution in [1.29, 1.82) is 0 Å². The van der Waals surface area contributed by atoms with E-state index in [1.165, 1.54) is 11.3 Å². The topological polar surface area (TPSA) is 48.9 Å². The molecule has 0 radical (unpaired) electrons. The van der Waals surface area contributed by atoms with Gasteiger partial charge in [0.1, 0.15) is 10.8 Å². The predicted octanol–water partition coefficient (Wildman–Crippen LogP) is 4.25. The molecule has 0 bridgehead atoms. The number of nitrogens with one attached hydrogen (secondary N) is 1. The molecule has 3 nitrogen and oxygen atoms in total. The molecule has 1 aromatic heterocycles. The van der Waals surface area contributed by atoms with Gasteiger partial charge in [-0.3, -0.25) is 5.10 Å². The molecule has 0 atom stereocenters. The van der Waals surface area contributed by atoms with Crippen LogP contribution in [0.2, 0.25) is 0 Å². The molecule has 0 aliphatic carbocycles. The third-order valence-electron chi connectivity index (χ3n) is 3.41. The summed E-state index contributed by atoms with van der Waals surface area (Å²) in [5.41, 5.74) is 2.59. The first-order valence-corrected chi connectivity index (χ1v) is 8.16. The van der Waals surface area contributed by atoms with E-state index in [1.807, 2.05) is 12.1 Å². The van der Waals surface area contributed by atoms with Gasteiger partial charge in [0.05, 0.1) is 0 Å².